The maximum absolute atomic E-state index is 12.8. The summed E-state index contributed by atoms with van der Waals surface area (Å²) in [4.78, 5) is 36.9. The van der Waals surface area contributed by atoms with Crippen LogP contribution in [0.25, 0.3) is 6.08 Å². The molecule has 4 rings (SSSR count). The number of rotatable bonds is 5. The van der Waals surface area contributed by atoms with Gasteiger partial charge in [0.05, 0.1) is 18.2 Å². The molecule has 0 saturated heterocycles. The molecule has 0 bridgehead atoms. The fraction of sp³-hybridized carbons (Fsp3) is 0.115. The van der Waals surface area contributed by atoms with Gasteiger partial charge in [0, 0.05) is 5.56 Å². The third-order valence-corrected chi connectivity index (χ3v) is 5.61. The minimum Gasteiger partial charge on any atom is -0.465 e. The lowest BCUT2D eigenvalue weighted by atomic mass is 10.1. The molecule has 0 N–H and O–H groups in total. The van der Waals surface area contributed by atoms with Gasteiger partial charge < -0.3 is 14.2 Å². The second kappa shape index (κ2) is 9.30. The summed E-state index contributed by atoms with van der Waals surface area (Å²) in [6.45, 7) is 1.70. The van der Waals surface area contributed by atoms with E-state index in [9.17, 15) is 14.4 Å². The predicted octanol–water partition coefficient (Wildman–Crippen LogP) is 5.28. The van der Waals surface area contributed by atoms with Crippen LogP contribution in [0, 0.1) is 6.92 Å². The number of carbonyl (C=O) groups excluding carboxylic acids is 3. The van der Waals surface area contributed by atoms with E-state index >= 15 is 0 Å². The zero-order valence-corrected chi connectivity index (χ0v) is 18.6. The Bertz CT molecular complexity index is 1260. The quantitative estimate of drug-likeness (QED) is 0.222. The van der Waals surface area contributed by atoms with Gasteiger partial charge in [-0.05, 0) is 48.4 Å². The van der Waals surface area contributed by atoms with Crippen LogP contribution in [0.15, 0.2) is 72.5 Å². The summed E-state index contributed by atoms with van der Waals surface area (Å²) in [6, 6.07) is 18.6. The first-order valence-corrected chi connectivity index (χ1v) is 10.5. The topological polar surface area (TPSA) is 78.9 Å². The summed E-state index contributed by atoms with van der Waals surface area (Å²) < 4.78 is 16.0. The lowest BCUT2D eigenvalue weighted by Crippen LogP contribution is -2.15. The molecule has 7 heteroatoms. The average molecular weight is 463 g/mol. The van der Waals surface area contributed by atoms with Gasteiger partial charge in [-0.15, -0.1) is 11.6 Å². The minimum absolute atomic E-state index is 0.127. The number of hydrogen-bond donors (Lipinski definition) is 0. The normalized spacial score (nSPS) is 14.4. The highest BCUT2D eigenvalue weighted by Gasteiger charge is 2.31. The largest absolute Gasteiger partial charge is 0.465 e. The fourth-order valence-corrected chi connectivity index (χ4v) is 3.57. The summed E-state index contributed by atoms with van der Waals surface area (Å²) >= 11 is 6.25. The lowest BCUT2D eigenvalue weighted by Gasteiger charge is -2.13. The van der Waals surface area contributed by atoms with Gasteiger partial charge in [0.2, 0.25) is 5.78 Å². The number of hydrogen-bond acceptors (Lipinski definition) is 6. The van der Waals surface area contributed by atoms with E-state index in [2.05, 4.69) is 4.74 Å². The number of allylic oxidation sites excluding steroid dienone is 1. The van der Waals surface area contributed by atoms with Crippen molar-refractivity contribution in [3.05, 3.63) is 100 Å². The molecule has 0 spiro atoms. The summed E-state index contributed by atoms with van der Waals surface area (Å²) in [5.41, 5.74) is 2.58. The number of carbonyl (C=O) groups is 3. The Balaban J connectivity index is 1.54. The first-order valence-electron chi connectivity index (χ1n) is 10.1. The van der Waals surface area contributed by atoms with E-state index in [4.69, 9.17) is 21.1 Å². The van der Waals surface area contributed by atoms with Gasteiger partial charge in [0.25, 0.3) is 0 Å². The number of Topliss-reactive ketones (excluding diaryl/α,β-unsaturated/α-hetero) is 1. The van der Waals surface area contributed by atoms with E-state index in [1.165, 1.54) is 7.11 Å². The number of esters is 2. The monoisotopic (exact) mass is 462 g/mol. The highest BCUT2D eigenvalue weighted by atomic mass is 35.5. The van der Waals surface area contributed by atoms with Crippen molar-refractivity contribution < 1.29 is 28.6 Å². The molecule has 6 nitrogen and oxygen atoms in total. The van der Waals surface area contributed by atoms with Crippen LogP contribution in [0.2, 0.25) is 0 Å². The first-order chi connectivity index (χ1) is 15.9. The maximum atomic E-state index is 12.8. The Morgan fingerprint density at radius 2 is 1.70 bits per heavy atom. The number of methoxy groups -OCH3 is 1. The van der Waals surface area contributed by atoms with Gasteiger partial charge in [-0.25, -0.2) is 9.59 Å². The van der Waals surface area contributed by atoms with Crippen molar-refractivity contribution in [1.29, 1.82) is 0 Å². The van der Waals surface area contributed by atoms with E-state index < -0.39 is 17.3 Å². The Morgan fingerprint density at radius 1 is 1.00 bits per heavy atom. The zero-order valence-electron chi connectivity index (χ0n) is 17.8. The lowest BCUT2D eigenvalue weighted by molar-refractivity contribution is -0.134. The average Bonchev–Trinajstić information content (AvgIpc) is 3.16. The van der Waals surface area contributed by atoms with Gasteiger partial charge in [-0.3, -0.25) is 4.79 Å². The van der Waals surface area contributed by atoms with Gasteiger partial charge in [0.15, 0.2) is 11.1 Å². The second-order valence-electron chi connectivity index (χ2n) is 7.31. The van der Waals surface area contributed by atoms with Gasteiger partial charge in [-0.2, -0.15) is 0 Å². The molecule has 1 aliphatic heterocycles. The Morgan fingerprint density at radius 3 is 2.36 bits per heavy atom. The van der Waals surface area contributed by atoms with Crippen LogP contribution < -0.4 is 9.47 Å². The molecule has 1 atom stereocenters. The molecular weight excluding hydrogens is 444 g/mol. The highest BCUT2D eigenvalue weighted by molar-refractivity contribution is 6.30. The van der Waals surface area contributed by atoms with Crippen LogP contribution >= 0.6 is 11.6 Å². The standard InChI is InChI=1S/C26H19ClO6/c1-15-20(33-26(30)22(27)17-6-4-3-5-7-17)13-12-19-23(28)21(32-24(15)19)14-16-8-10-18(11-9-16)25(29)31-2/h3-14,22H,1-2H3/b21-14-. The molecule has 3 aromatic carbocycles. The third-order valence-electron chi connectivity index (χ3n) is 5.18. The van der Waals surface area contributed by atoms with Gasteiger partial charge in [0.1, 0.15) is 11.5 Å². The summed E-state index contributed by atoms with van der Waals surface area (Å²) in [5, 5.41) is -0.968. The van der Waals surface area contributed by atoms with Crippen LogP contribution in [0.1, 0.15) is 42.8 Å². The number of ether oxygens (including phenoxy) is 3. The van der Waals surface area contributed by atoms with Crippen LogP contribution in [-0.2, 0) is 9.53 Å². The van der Waals surface area contributed by atoms with Crippen LogP contribution in [0.4, 0.5) is 0 Å². The molecule has 1 aliphatic rings. The SMILES string of the molecule is COC(=O)c1ccc(/C=C2\Oc3c(ccc(OC(=O)C(Cl)c4ccccc4)c3C)C2=O)cc1. The molecule has 0 fully saturated rings. The number of fused-ring (bicyclic) bond motifs is 1. The summed E-state index contributed by atoms with van der Waals surface area (Å²) in [5.74, 6) is -0.648. The number of ketones is 1. The first kappa shape index (κ1) is 22.3. The van der Waals surface area contributed by atoms with Crippen molar-refractivity contribution in [2.24, 2.45) is 0 Å². The molecule has 3 aromatic rings. The molecule has 0 radical (unpaired) electrons. The van der Waals surface area contributed by atoms with E-state index in [0.717, 1.165) is 0 Å². The summed E-state index contributed by atoms with van der Waals surface area (Å²) in [6.07, 6.45) is 1.58. The second-order valence-corrected chi connectivity index (χ2v) is 7.75. The molecule has 1 unspecified atom stereocenters. The smallest absolute Gasteiger partial charge is 0.337 e. The highest BCUT2D eigenvalue weighted by Crippen LogP contribution is 2.40. The van der Waals surface area contributed by atoms with Crippen LogP contribution in [0.5, 0.6) is 11.5 Å². The van der Waals surface area contributed by atoms with Crippen molar-refractivity contribution in [2.75, 3.05) is 7.11 Å². The van der Waals surface area contributed by atoms with E-state index in [1.807, 2.05) is 6.07 Å². The van der Waals surface area contributed by atoms with E-state index in [0.29, 0.717) is 33.6 Å². The van der Waals surface area contributed by atoms with Crippen LogP contribution in [-0.4, -0.2) is 24.8 Å². The van der Waals surface area contributed by atoms with Crippen LogP contribution in [0.3, 0.4) is 0 Å². The predicted molar refractivity (Wildman–Crippen MR) is 123 cm³/mol. The third kappa shape index (κ3) is 4.52. The van der Waals surface area contributed by atoms with Gasteiger partial charge >= 0.3 is 11.9 Å². The Hall–Kier alpha value is -3.90. The van der Waals surface area contributed by atoms with E-state index in [-0.39, 0.29) is 17.3 Å². The van der Waals surface area contributed by atoms with Crippen molar-refractivity contribution >= 4 is 35.4 Å². The molecule has 0 aliphatic carbocycles. The fourth-order valence-electron chi connectivity index (χ4n) is 3.38. The molecule has 0 aromatic heterocycles. The van der Waals surface area contributed by atoms with Crippen molar-refractivity contribution in [2.45, 2.75) is 12.3 Å². The molecule has 33 heavy (non-hydrogen) atoms. The van der Waals surface area contributed by atoms with E-state index in [1.54, 1.807) is 73.7 Å². The maximum Gasteiger partial charge on any atom is 0.337 e. The number of alkyl halides is 1. The van der Waals surface area contributed by atoms with Crippen molar-refractivity contribution in [3.8, 4) is 11.5 Å². The zero-order chi connectivity index (χ0) is 23.5. The summed E-state index contributed by atoms with van der Waals surface area (Å²) in [7, 11) is 1.31. The molecule has 0 saturated carbocycles. The van der Waals surface area contributed by atoms with Crippen molar-refractivity contribution in [1.82, 2.24) is 0 Å². The van der Waals surface area contributed by atoms with Gasteiger partial charge in [-0.1, -0.05) is 42.5 Å². The number of benzene rings is 3. The molecule has 166 valence electrons. The molecular formula is C26H19ClO6. The number of halogens is 1. The molecule has 1 heterocycles. The Labute approximate surface area is 195 Å². The Kier molecular flexibility index (Phi) is 6.29. The minimum atomic E-state index is -0.968. The van der Waals surface area contributed by atoms with Crippen molar-refractivity contribution in [3.63, 3.8) is 0 Å². The molecule has 0 amide bonds.